The fourth-order valence-electron chi connectivity index (χ4n) is 5.77. The number of likely N-dealkylation sites (tertiary alicyclic amines) is 1. The monoisotopic (exact) mass is 441 g/mol. The van der Waals surface area contributed by atoms with Crippen molar-refractivity contribution in [3.05, 3.63) is 16.8 Å². The lowest BCUT2D eigenvalue weighted by Gasteiger charge is -2.38. The van der Waals surface area contributed by atoms with Gasteiger partial charge in [-0.1, -0.05) is 20.8 Å². The largest absolute Gasteiger partial charge is 0.353 e. The van der Waals surface area contributed by atoms with Gasteiger partial charge in [-0.2, -0.15) is 0 Å². The van der Waals surface area contributed by atoms with E-state index in [9.17, 15) is 4.79 Å². The van der Waals surface area contributed by atoms with E-state index in [2.05, 4.69) is 40.5 Å². The summed E-state index contributed by atoms with van der Waals surface area (Å²) in [5.41, 5.74) is 1.50. The molecule has 7 heteroatoms. The third-order valence-electron chi connectivity index (χ3n) is 7.32. The van der Waals surface area contributed by atoms with Crippen molar-refractivity contribution in [1.29, 1.82) is 0 Å². The molecule has 0 radical (unpaired) electrons. The molecule has 4 heterocycles. The number of carbonyl (C=O) groups excluding carboxylic acids is 1. The Balaban J connectivity index is 1.25. The predicted molar refractivity (Wildman–Crippen MR) is 127 cm³/mol. The summed E-state index contributed by atoms with van der Waals surface area (Å²) in [7, 11) is 0. The first-order chi connectivity index (χ1) is 15.0. The van der Waals surface area contributed by atoms with Gasteiger partial charge in [-0.05, 0) is 49.0 Å². The lowest BCUT2D eigenvalue weighted by molar-refractivity contribution is -0.135. The van der Waals surface area contributed by atoms with Crippen molar-refractivity contribution in [2.24, 2.45) is 17.8 Å². The van der Waals surface area contributed by atoms with Crippen LogP contribution in [0.25, 0.3) is 10.2 Å². The van der Waals surface area contributed by atoms with E-state index < -0.39 is 0 Å². The first-order valence-corrected chi connectivity index (χ1v) is 12.8. The topological polar surface area (TPSA) is 52.6 Å². The molecule has 3 aliphatic rings. The molecular formula is C24H35N5OS. The van der Waals surface area contributed by atoms with Gasteiger partial charge in [-0.25, -0.2) is 9.97 Å². The van der Waals surface area contributed by atoms with Gasteiger partial charge in [0.1, 0.15) is 17.0 Å². The Kier molecular flexibility index (Phi) is 5.90. The normalized spacial score (nSPS) is 27.5. The molecule has 2 aliphatic heterocycles. The molecule has 0 saturated carbocycles. The summed E-state index contributed by atoms with van der Waals surface area (Å²) in [4.78, 5) is 31.7. The fraction of sp³-hybridized carbons (Fsp3) is 0.708. The lowest BCUT2D eigenvalue weighted by Crippen LogP contribution is -2.52. The second-order valence-corrected chi connectivity index (χ2v) is 11.3. The standard InChI is InChI=1S/C24H35N5OS/c1-16-4-5-19-20(11-16)31-24-22(19)23(25-15-26-24)28-8-6-27(7-9-28)14-21(30)29-12-17(2)10-18(3)13-29/h15-18H,4-14H2,1-3H3. The van der Waals surface area contributed by atoms with Crippen LogP contribution in [-0.2, 0) is 17.6 Å². The number of aryl methyl sites for hydroxylation is 1. The number of thiophene rings is 1. The number of rotatable bonds is 3. The third kappa shape index (κ3) is 4.31. The molecule has 5 rings (SSSR count). The minimum atomic E-state index is 0.303. The van der Waals surface area contributed by atoms with Gasteiger partial charge in [0.2, 0.25) is 5.91 Å². The average Bonchev–Trinajstić information content (AvgIpc) is 3.11. The van der Waals surface area contributed by atoms with Crippen LogP contribution in [0.4, 0.5) is 5.82 Å². The van der Waals surface area contributed by atoms with Gasteiger partial charge in [-0.3, -0.25) is 9.69 Å². The van der Waals surface area contributed by atoms with E-state index >= 15 is 0 Å². The Hall–Kier alpha value is -1.73. The number of anilines is 1. The molecule has 2 aromatic rings. The molecule has 0 aromatic carbocycles. The smallest absolute Gasteiger partial charge is 0.236 e. The van der Waals surface area contributed by atoms with E-state index in [4.69, 9.17) is 4.98 Å². The molecule has 0 spiro atoms. The van der Waals surface area contributed by atoms with E-state index in [0.717, 1.165) is 62.3 Å². The minimum Gasteiger partial charge on any atom is -0.353 e. The van der Waals surface area contributed by atoms with Crippen molar-refractivity contribution in [3.63, 3.8) is 0 Å². The summed E-state index contributed by atoms with van der Waals surface area (Å²) >= 11 is 1.87. The summed E-state index contributed by atoms with van der Waals surface area (Å²) in [5.74, 6) is 3.41. The van der Waals surface area contributed by atoms with Crippen LogP contribution >= 0.6 is 11.3 Å². The van der Waals surface area contributed by atoms with E-state index in [0.29, 0.717) is 24.3 Å². The molecule has 1 aliphatic carbocycles. The summed E-state index contributed by atoms with van der Waals surface area (Å²) in [6.45, 7) is 13.0. The van der Waals surface area contributed by atoms with Crippen LogP contribution in [0.1, 0.15) is 44.1 Å². The summed E-state index contributed by atoms with van der Waals surface area (Å²) in [6.07, 6.45) is 6.56. The maximum atomic E-state index is 12.9. The Morgan fingerprint density at radius 3 is 2.55 bits per heavy atom. The fourth-order valence-corrected chi connectivity index (χ4v) is 7.12. The van der Waals surface area contributed by atoms with Crippen molar-refractivity contribution in [2.45, 2.75) is 46.5 Å². The molecule has 0 N–H and O–H groups in total. The van der Waals surface area contributed by atoms with Gasteiger partial charge in [0.25, 0.3) is 0 Å². The van der Waals surface area contributed by atoms with Crippen molar-refractivity contribution in [1.82, 2.24) is 19.8 Å². The molecule has 2 aromatic heterocycles. The molecule has 3 atom stereocenters. The maximum Gasteiger partial charge on any atom is 0.236 e. The first-order valence-electron chi connectivity index (χ1n) is 12.0. The van der Waals surface area contributed by atoms with Crippen LogP contribution in [0, 0.1) is 17.8 Å². The zero-order chi connectivity index (χ0) is 21.5. The van der Waals surface area contributed by atoms with E-state index in [1.807, 2.05) is 11.3 Å². The van der Waals surface area contributed by atoms with Crippen molar-refractivity contribution >= 4 is 33.3 Å². The third-order valence-corrected chi connectivity index (χ3v) is 8.49. The molecule has 31 heavy (non-hydrogen) atoms. The van der Waals surface area contributed by atoms with Gasteiger partial charge < -0.3 is 9.80 Å². The number of aromatic nitrogens is 2. The Bertz CT molecular complexity index is 941. The number of fused-ring (bicyclic) bond motifs is 3. The average molecular weight is 442 g/mol. The van der Waals surface area contributed by atoms with Gasteiger partial charge >= 0.3 is 0 Å². The van der Waals surface area contributed by atoms with Crippen LogP contribution < -0.4 is 4.90 Å². The Morgan fingerprint density at radius 1 is 1.06 bits per heavy atom. The van der Waals surface area contributed by atoms with Gasteiger partial charge in [-0.15, -0.1) is 11.3 Å². The summed E-state index contributed by atoms with van der Waals surface area (Å²) in [5, 5.41) is 1.30. The van der Waals surface area contributed by atoms with Crippen LogP contribution in [0.5, 0.6) is 0 Å². The SMILES string of the molecule is CC1CCc2c(sc3ncnc(N4CCN(CC(=O)N5CC(C)CC(C)C5)CC4)c23)C1. The number of piperidine rings is 1. The van der Waals surface area contributed by atoms with E-state index in [-0.39, 0.29) is 0 Å². The van der Waals surface area contributed by atoms with Gasteiger partial charge in [0.05, 0.1) is 11.9 Å². The van der Waals surface area contributed by atoms with Gasteiger partial charge in [0, 0.05) is 44.1 Å². The van der Waals surface area contributed by atoms with Crippen LogP contribution in [-0.4, -0.2) is 71.5 Å². The zero-order valence-electron chi connectivity index (χ0n) is 19.1. The maximum absolute atomic E-state index is 12.9. The summed E-state index contributed by atoms with van der Waals surface area (Å²) in [6, 6.07) is 0. The lowest BCUT2D eigenvalue weighted by atomic mass is 9.89. The molecule has 6 nitrogen and oxygen atoms in total. The molecule has 2 fully saturated rings. The molecular weight excluding hydrogens is 406 g/mol. The highest BCUT2D eigenvalue weighted by molar-refractivity contribution is 7.19. The number of piperazine rings is 1. The Labute approximate surface area is 189 Å². The van der Waals surface area contributed by atoms with Crippen molar-refractivity contribution in [2.75, 3.05) is 50.7 Å². The van der Waals surface area contributed by atoms with Gasteiger partial charge in [0.15, 0.2) is 0 Å². The number of hydrogen-bond donors (Lipinski definition) is 0. The highest BCUT2D eigenvalue weighted by Gasteiger charge is 2.29. The Morgan fingerprint density at radius 2 is 1.81 bits per heavy atom. The molecule has 3 unspecified atom stereocenters. The highest BCUT2D eigenvalue weighted by atomic mass is 32.1. The van der Waals surface area contributed by atoms with Crippen LogP contribution in [0.3, 0.4) is 0 Å². The van der Waals surface area contributed by atoms with E-state index in [1.54, 1.807) is 6.33 Å². The second-order valence-electron chi connectivity index (χ2n) is 10.2. The second kappa shape index (κ2) is 8.66. The quantitative estimate of drug-likeness (QED) is 0.730. The number of carbonyl (C=O) groups is 1. The molecule has 168 valence electrons. The molecule has 2 saturated heterocycles. The highest BCUT2D eigenvalue weighted by Crippen LogP contribution is 2.40. The first kappa shape index (κ1) is 21.1. The number of nitrogens with zero attached hydrogens (tertiary/aromatic N) is 5. The minimum absolute atomic E-state index is 0.303. The summed E-state index contributed by atoms with van der Waals surface area (Å²) < 4.78 is 0. The molecule has 1 amide bonds. The van der Waals surface area contributed by atoms with Crippen LogP contribution in [0.2, 0.25) is 0 Å². The van der Waals surface area contributed by atoms with Crippen LogP contribution in [0.15, 0.2) is 6.33 Å². The van der Waals surface area contributed by atoms with E-state index in [1.165, 1.54) is 35.1 Å². The van der Waals surface area contributed by atoms with Crippen molar-refractivity contribution in [3.8, 4) is 0 Å². The number of hydrogen-bond acceptors (Lipinski definition) is 6. The van der Waals surface area contributed by atoms with Crippen molar-refractivity contribution < 1.29 is 4.79 Å². The zero-order valence-corrected chi connectivity index (χ0v) is 20.0. The molecule has 0 bridgehead atoms. The predicted octanol–water partition coefficient (Wildman–Crippen LogP) is 3.44. The number of amides is 1.